The van der Waals surface area contributed by atoms with Gasteiger partial charge in [-0.15, -0.1) is 11.3 Å². The maximum Gasteiger partial charge on any atom is 0.0932 e. The minimum absolute atomic E-state index is 0.518. The van der Waals surface area contributed by atoms with Gasteiger partial charge in [0.05, 0.1) is 16.7 Å². The van der Waals surface area contributed by atoms with E-state index in [9.17, 15) is 0 Å². The van der Waals surface area contributed by atoms with Gasteiger partial charge < -0.3 is 10.1 Å². The Morgan fingerprint density at radius 2 is 2.50 bits per heavy atom. The van der Waals surface area contributed by atoms with Gasteiger partial charge >= 0.3 is 0 Å². The van der Waals surface area contributed by atoms with Crippen LogP contribution in [0.5, 0.6) is 0 Å². The minimum atomic E-state index is 0.518. The third-order valence-corrected chi connectivity index (χ3v) is 4.36. The summed E-state index contributed by atoms with van der Waals surface area (Å²) in [6.45, 7) is 3.01. The monoisotopic (exact) mass is 238 g/mol. The van der Waals surface area contributed by atoms with Gasteiger partial charge in [0.25, 0.3) is 0 Å². The normalized spacial score (nSPS) is 30.0. The van der Waals surface area contributed by atoms with Gasteiger partial charge in [0.15, 0.2) is 0 Å². The SMILES string of the molecule is c1sc(CC2CCOC2)nc1[C@@H]1CCCN1. The lowest BCUT2D eigenvalue weighted by Gasteiger charge is -2.06. The molecule has 2 aliphatic rings. The Morgan fingerprint density at radius 1 is 1.50 bits per heavy atom. The fourth-order valence-corrected chi connectivity index (χ4v) is 3.47. The summed E-state index contributed by atoms with van der Waals surface area (Å²) in [5, 5.41) is 7.02. The molecule has 4 heteroatoms. The molecule has 0 saturated carbocycles. The molecule has 0 radical (unpaired) electrons. The van der Waals surface area contributed by atoms with E-state index in [-0.39, 0.29) is 0 Å². The molecule has 0 bridgehead atoms. The minimum Gasteiger partial charge on any atom is -0.381 e. The first-order valence-corrected chi connectivity index (χ1v) is 7.05. The Hall–Kier alpha value is -0.450. The molecule has 2 saturated heterocycles. The van der Waals surface area contributed by atoms with Crippen molar-refractivity contribution < 1.29 is 4.74 Å². The van der Waals surface area contributed by atoms with Crippen LogP contribution in [-0.2, 0) is 11.2 Å². The second-order valence-electron chi connectivity index (χ2n) is 4.75. The highest BCUT2D eigenvalue weighted by Gasteiger charge is 2.21. The van der Waals surface area contributed by atoms with Crippen LogP contribution in [0, 0.1) is 5.92 Å². The molecule has 0 spiro atoms. The van der Waals surface area contributed by atoms with Gasteiger partial charge in [-0.1, -0.05) is 0 Å². The van der Waals surface area contributed by atoms with E-state index in [1.165, 1.54) is 30.0 Å². The maximum absolute atomic E-state index is 5.40. The molecule has 0 aliphatic carbocycles. The van der Waals surface area contributed by atoms with E-state index < -0.39 is 0 Å². The topological polar surface area (TPSA) is 34.1 Å². The van der Waals surface area contributed by atoms with Crippen molar-refractivity contribution in [2.24, 2.45) is 5.92 Å². The zero-order valence-electron chi connectivity index (χ0n) is 9.45. The average molecular weight is 238 g/mol. The van der Waals surface area contributed by atoms with Gasteiger partial charge in [0.1, 0.15) is 0 Å². The fourth-order valence-electron chi connectivity index (χ4n) is 2.51. The molecule has 2 aliphatic heterocycles. The Kier molecular flexibility index (Phi) is 3.22. The van der Waals surface area contributed by atoms with Gasteiger partial charge in [-0.25, -0.2) is 4.98 Å². The number of hydrogen-bond acceptors (Lipinski definition) is 4. The van der Waals surface area contributed by atoms with E-state index >= 15 is 0 Å². The van der Waals surface area contributed by atoms with Crippen molar-refractivity contribution in [2.75, 3.05) is 19.8 Å². The lowest BCUT2D eigenvalue weighted by molar-refractivity contribution is 0.186. The Balaban J connectivity index is 1.62. The summed E-state index contributed by atoms with van der Waals surface area (Å²) in [6.07, 6.45) is 4.84. The number of ether oxygens (including phenoxy) is 1. The van der Waals surface area contributed by atoms with Crippen LogP contribution in [0.1, 0.15) is 36.0 Å². The Labute approximate surface area is 100 Å². The van der Waals surface area contributed by atoms with Crippen LogP contribution < -0.4 is 5.32 Å². The molecule has 2 atom stereocenters. The Bertz CT molecular complexity index is 341. The molecule has 3 nitrogen and oxygen atoms in total. The van der Waals surface area contributed by atoms with Crippen molar-refractivity contribution in [1.82, 2.24) is 10.3 Å². The smallest absolute Gasteiger partial charge is 0.0932 e. The summed E-state index contributed by atoms with van der Waals surface area (Å²) in [4.78, 5) is 4.76. The molecule has 0 aromatic carbocycles. The summed E-state index contributed by atoms with van der Waals surface area (Å²) < 4.78 is 5.40. The summed E-state index contributed by atoms with van der Waals surface area (Å²) in [6, 6.07) is 0.518. The second kappa shape index (κ2) is 4.82. The molecular weight excluding hydrogens is 220 g/mol. The van der Waals surface area contributed by atoms with Crippen LogP contribution in [0.15, 0.2) is 5.38 Å². The summed E-state index contributed by atoms with van der Waals surface area (Å²) in [7, 11) is 0. The zero-order valence-corrected chi connectivity index (χ0v) is 10.3. The van der Waals surface area contributed by atoms with Crippen LogP contribution in [0.3, 0.4) is 0 Å². The van der Waals surface area contributed by atoms with Crippen molar-refractivity contribution >= 4 is 11.3 Å². The third kappa shape index (κ3) is 2.29. The standard InChI is InChI=1S/C12H18N2OS/c1-2-10(13-4-1)11-8-16-12(14-11)6-9-3-5-15-7-9/h8-10,13H,1-7H2/t9?,10-/m0/s1. The van der Waals surface area contributed by atoms with Gasteiger partial charge in [-0.3, -0.25) is 0 Å². The highest BCUT2D eigenvalue weighted by Crippen LogP contribution is 2.26. The fraction of sp³-hybridized carbons (Fsp3) is 0.750. The van der Waals surface area contributed by atoms with Gasteiger partial charge in [-0.05, 0) is 31.7 Å². The number of thiazole rings is 1. The first-order valence-electron chi connectivity index (χ1n) is 6.17. The molecule has 16 heavy (non-hydrogen) atoms. The third-order valence-electron chi connectivity index (χ3n) is 3.47. The molecule has 3 heterocycles. The molecule has 1 aromatic rings. The summed E-state index contributed by atoms with van der Waals surface area (Å²) >= 11 is 1.82. The van der Waals surface area contributed by atoms with Crippen molar-refractivity contribution in [3.8, 4) is 0 Å². The van der Waals surface area contributed by atoms with E-state index in [0.717, 1.165) is 26.2 Å². The van der Waals surface area contributed by atoms with E-state index in [0.29, 0.717) is 12.0 Å². The highest BCUT2D eigenvalue weighted by atomic mass is 32.1. The van der Waals surface area contributed by atoms with Crippen LogP contribution in [0.2, 0.25) is 0 Å². The van der Waals surface area contributed by atoms with E-state index in [4.69, 9.17) is 9.72 Å². The van der Waals surface area contributed by atoms with Crippen LogP contribution in [0.4, 0.5) is 0 Å². The molecular formula is C12H18N2OS. The summed E-state index contributed by atoms with van der Waals surface area (Å²) in [5.41, 5.74) is 1.26. The van der Waals surface area contributed by atoms with Crippen molar-refractivity contribution in [3.05, 3.63) is 16.1 Å². The van der Waals surface area contributed by atoms with Crippen LogP contribution >= 0.6 is 11.3 Å². The lowest BCUT2D eigenvalue weighted by atomic mass is 10.1. The molecule has 0 amide bonds. The quantitative estimate of drug-likeness (QED) is 0.876. The Morgan fingerprint density at radius 3 is 3.25 bits per heavy atom. The summed E-state index contributed by atoms with van der Waals surface area (Å²) in [5.74, 6) is 0.704. The van der Waals surface area contributed by atoms with E-state index in [1.807, 2.05) is 11.3 Å². The van der Waals surface area contributed by atoms with Gasteiger partial charge in [0, 0.05) is 25.0 Å². The predicted octanol–water partition coefficient (Wildman–Crippen LogP) is 2.15. The molecule has 1 unspecified atom stereocenters. The zero-order chi connectivity index (χ0) is 10.8. The highest BCUT2D eigenvalue weighted by molar-refractivity contribution is 7.09. The molecule has 88 valence electrons. The van der Waals surface area contributed by atoms with E-state index in [1.54, 1.807) is 0 Å². The van der Waals surface area contributed by atoms with E-state index in [2.05, 4.69) is 10.7 Å². The predicted molar refractivity (Wildman–Crippen MR) is 64.7 cm³/mol. The maximum atomic E-state index is 5.40. The number of nitrogens with zero attached hydrogens (tertiary/aromatic N) is 1. The van der Waals surface area contributed by atoms with Gasteiger partial charge in [0.2, 0.25) is 0 Å². The molecule has 1 N–H and O–H groups in total. The molecule has 2 fully saturated rings. The number of nitrogens with one attached hydrogen (secondary N) is 1. The molecule has 1 aromatic heterocycles. The molecule has 3 rings (SSSR count). The van der Waals surface area contributed by atoms with Crippen molar-refractivity contribution in [2.45, 2.75) is 31.7 Å². The lowest BCUT2D eigenvalue weighted by Crippen LogP contribution is -2.13. The van der Waals surface area contributed by atoms with Crippen molar-refractivity contribution in [1.29, 1.82) is 0 Å². The first-order chi connectivity index (χ1) is 7.92. The first kappa shape index (κ1) is 10.7. The number of aromatic nitrogens is 1. The average Bonchev–Trinajstić information content (AvgIpc) is 2.99. The van der Waals surface area contributed by atoms with Crippen LogP contribution in [-0.4, -0.2) is 24.7 Å². The number of rotatable bonds is 3. The second-order valence-corrected chi connectivity index (χ2v) is 5.69. The van der Waals surface area contributed by atoms with Crippen molar-refractivity contribution in [3.63, 3.8) is 0 Å². The largest absolute Gasteiger partial charge is 0.381 e. The van der Waals surface area contributed by atoms with Crippen LogP contribution in [0.25, 0.3) is 0 Å². The van der Waals surface area contributed by atoms with Gasteiger partial charge in [-0.2, -0.15) is 0 Å². The number of hydrogen-bond donors (Lipinski definition) is 1.